The smallest absolute Gasteiger partial charge is 0.244 e. The number of aromatic amines is 1. The molecule has 0 aliphatic carbocycles. The number of benzene rings is 2. The van der Waals surface area contributed by atoms with Crippen molar-refractivity contribution >= 4 is 28.8 Å². The van der Waals surface area contributed by atoms with Crippen LogP contribution in [-0.4, -0.2) is 29.9 Å². The molecule has 0 atom stereocenters. The number of carbonyl (C=O) groups is 2. The monoisotopic (exact) mass is 347 g/mol. The van der Waals surface area contributed by atoms with Crippen molar-refractivity contribution < 1.29 is 9.59 Å². The molecule has 0 aliphatic rings. The summed E-state index contributed by atoms with van der Waals surface area (Å²) < 4.78 is 0. The second-order valence-corrected chi connectivity index (χ2v) is 5.92. The molecule has 3 N–H and O–H groups in total. The van der Waals surface area contributed by atoms with Crippen LogP contribution in [0.4, 0.5) is 0 Å². The molecular weight excluding hydrogens is 326 g/mol. The van der Waals surface area contributed by atoms with E-state index in [1.54, 1.807) is 6.08 Å². The molecule has 1 heterocycles. The highest BCUT2D eigenvalue weighted by Crippen LogP contribution is 2.17. The van der Waals surface area contributed by atoms with Gasteiger partial charge < -0.3 is 15.6 Å². The summed E-state index contributed by atoms with van der Waals surface area (Å²) in [6.07, 6.45) is 5.84. The van der Waals surface area contributed by atoms with Gasteiger partial charge in [-0.25, -0.2) is 0 Å². The second-order valence-electron chi connectivity index (χ2n) is 5.92. The lowest BCUT2D eigenvalue weighted by Gasteiger charge is -2.05. The van der Waals surface area contributed by atoms with E-state index < -0.39 is 0 Å². The van der Waals surface area contributed by atoms with Crippen molar-refractivity contribution in [3.8, 4) is 0 Å². The first-order valence-electron chi connectivity index (χ1n) is 8.55. The van der Waals surface area contributed by atoms with Gasteiger partial charge in [0.2, 0.25) is 11.8 Å². The van der Waals surface area contributed by atoms with Crippen LogP contribution in [0, 0.1) is 0 Å². The maximum atomic E-state index is 11.9. The molecule has 0 saturated carbocycles. The highest BCUT2D eigenvalue weighted by molar-refractivity contribution is 5.94. The highest BCUT2D eigenvalue weighted by Gasteiger charge is 2.05. The fourth-order valence-corrected chi connectivity index (χ4v) is 2.70. The number of carbonyl (C=O) groups excluding carboxylic acids is 2. The minimum Gasteiger partial charge on any atom is -0.361 e. The molecule has 0 spiro atoms. The largest absolute Gasteiger partial charge is 0.361 e. The second kappa shape index (κ2) is 8.67. The highest BCUT2D eigenvalue weighted by atomic mass is 16.2. The van der Waals surface area contributed by atoms with Crippen molar-refractivity contribution in [3.05, 3.63) is 78.0 Å². The molecule has 132 valence electrons. The van der Waals surface area contributed by atoms with Crippen LogP contribution in [-0.2, 0) is 16.0 Å². The summed E-state index contributed by atoms with van der Waals surface area (Å²) in [6, 6.07) is 17.6. The van der Waals surface area contributed by atoms with Crippen LogP contribution in [0.25, 0.3) is 17.0 Å². The van der Waals surface area contributed by atoms with Crippen LogP contribution < -0.4 is 10.6 Å². The van der Waals surface area contributed by atoms with E-state index >= 15 is 0 Å². The topological polar surface area (TPSA) is 74.0 Å². The van der Waals surface area contributed by atoms with Crippen LogP contribution in [0.1, 0.15) is 11.1 Å². The Hall–Kier alpha value is -3.34. The minimum atomic E-state index is -0.291. The first-order valence-corrected chi connectivity index (χ1v) is 8.55. The molecule has 0 saturated heterocycles. The lowest BCUT2D eigenvalue weighted by atomic mass is 10.1. The molecule has 0 bridgehead atoms. The zero-order valence-electron chi connectivity index (χ0n) is 14.4. The van der Waals surface area contributed by atoms with Crippen LogP contribution in [0.15, 0.2) is 66.9 Å². The number of hydrogen-bond acceptors (Lipinski definition) is 2. The Morgan fingerprint density at radius 1 is 0.962 bits per heavy atom. The van der Waals surface area contributed by atoms with E-state index in [0.29, 0.717) is 6.54 Å². The summed E-state index contributed by atoms with van der Waals surface area (Å²) >= 11 is 0. The average molecular weight is 347 g/mol. The lowest BCUT2D eigenvalue weighted by Crippen LogP contribution is -2.37. The van der Waals surface area contributed by atoms with Gasteiger partial charge in [0.05, 0.1) is 6.54 Å². The van der Waals surface area contributed by atoms with Crippen molar-refractivity contribution in [3.63, 3.8) is 0 Å². The summed E-state index contributed by atoms with van der Waals surface area (Å²) in [7, 11) is 0. The predicted octanol–water partition coefficient (Wildman–Crippen LogP) is 2.66. The Labute approximate surface area is 152 Å². The van der Waals surface area contributed by atoms with Crippen molar-refractivity contribution in [2.24, 2.45) is 0 Å². The number of rotatable bonds is 7. The summed E-state index contributed by atoms with van der Waals surface area (Å²) in [5.74, 6) is -0.494. The molecule has 5 nitrogen and oxygen atoms in total. The van der Waals surface area contributed by atoms with E-state index in [0.717, 1.165) is 23.1 Å². The number of hydrogen-bond donors (Lipinski definition) is 3. The lowest BCUT2D eigenvalue weighted by molar-refractivity contribution is -0.123. The van der Waals surface area contributed by atoms with Crippen LogP contribution in [0.2, 0.25) is 0 Å². The fourth-order valence-electron chi connectivity index (χ4n) is 2.70. The van der Waals surface area contributed by atoms with Gasteiger partial charge in [0.15, 0.2) is 0 Å². The van der Waals surface area contributed by atoms with Crippen molar-refractivity contribution in [1.29, 1.82) is 0 Å². The molecule has 1 aromatic heterocycles. The van der Waals surface area contributed by atoms with Gasteiger partial charge in [-0.15, -0.1) is 0 Å². The van der Waals surface area contributed by atoms with Crippen LogP contribution in [0.5, 0.6) is 0 Å². The van der Waals surface area contributed by atoms with Crippen LogP contribution in [0.3, 0.4) is 0 Å². The summed E-state index contributed by atoms with van der Waals surface area (Å²) in [4.78, 5) is 26.8. The molecule has 2 aromatic carbocycles. The molecule has 3 aromatic rings. The van der Waals surface area contributed by atoms with E-state index in [1.807, 2.05) is 54.7 Å². The predicted molar refractivity (Wildman–Crippen MR) is 103 cm³/mol. The Kier molecular flexibility index (Phi) is 5.83. The Bertz CT molecular complexity index is 913. The number of fused-ring (bicyclic) bond motifs is 1. The summed E-state index contributed by atoms with van der Waals surface area (Å²) in [6.45, 7) is 0.488. The normalized spacial score (nSPS) is 10.9. The number of H-pyrrole nitrogens is 1. The Morgan fingerprint density at radius 2 is 1.73 bits per heavy atom. The van der Waals surface area contributed by atoms with Crippen LogP contribution >= 0.6 is 0 Å². The van der Waals surface area contributed by atoms with Crippen molar-refractivity contribution in [1.82, 2.24) is 15.6 Å². The van der Waals surface area contributed by atoms with Gasteiger partial charge in [0.1, 0.15) is 0 Å². The van der Waals surface area contributed by atoms with E-state index in [-0.39, 0.29) is 18.4 Å². The third kappa shape index (κ3) is 4.83. The van der Waals surface area contributed by atoms with Crippen molar-refractivity contribution in [2.75, 3.05) is 13.1 Å². The fraction of sp³-hybridized carbons (Fsp3) is 0.143. The third-order valence-electron chi connectivity index (χ3n) is 4.04. The van der Waals surface area contributed by atoms with Gasteiger partial charge in [-0.05, 0) is 29.7 Å². The molecule has 0 unspecified atom stereocenters. The van der Waals surface area contributed by atoms with E-state index in [4.69, 9.17) is 0 Å². The van der Waals surface area contributed by atoms with E-state index in [2.05, 4.69) is 21.7 Å². The van der Waals surface area contributed by atoms with Gasteiger partial charge >= 0.3 is 0 Å². The molecule has 5 heteroatoms. The first kappa shape index (κ1) is 17.5. The molecular formula is C21H21N3O2. The van der Waals surface area contributed by atoms with Gasteiger partial charge in [0, 0.05) is 29.7 Å². The number of aromatic nitrogens is 1. The Morgan fingerprint density at radius 3 is 2.58 bits per heavy atom. The molecule has 2 amide bonds. The first-order chi connectivity index (χ1) is 12.7. The van der Waals surface area contributed by atoms with E-state index in [1.165, 1.54) is 11.5 Å². The zero-order valence-corrected chi connectivity index (χ0v) is 14.4. The number of amides is 2. The maximum absolute atomic E-state index is 11.9. The van der Waals surface area contributed by atoms with Gasteiger partial charge in [-0.2, -0.15) is 0 Å². The van der Waals surface area contributed by atoms with Gasteiger partial charge in [-0.3, -0.25) is 9.59 Å². The molecule has 3 rings (SSSR count). The van der Waals surface area contributed by atoms with E-state index in [9.17, 15) is 9.59 Å². The zero-order chi connectivity index (χ0) is 18.2. The minimum absolute atomic E-state index is 0.0359. The Balaban J connectivity index is 1.39. The third-order valence-corrected chi connectivity index (χ3v) is 4.04. The molecule has 26 heavy (non-hydrogen) atoms. The number of nitrogens with one attached hydrogen (secondary N) is 3. The quantitative estimate of drug-likeness (QED) is 0.575. The number of para-hydroxylation sites is 1. The summed E-state index contributed by atoms with van der Waals surface area (Å²) in [5.41, 5.74) is 3.19. The SMILES string of the molecule is O=C(C=Cc1ccccc1)NCC(=O)NCCc1c[nH]c2ccccc12. The van der Waals surface area contributed by atoms with Gasteiger partial charge in [0.25, 0.3) is 0 Å². The van der Waals surface area contributed by atoms with Crippen molar-refractivity contribution in [2.45, 2.75) is 6.42 Å². The standard InChI is InChI=1S/C21H21N3O2/c25-20(11-10-16-6-2-1-3-7-16)24-15-21(26)22-13-12-17-14-23-19-9-5-4-8-18(17)19/h1-11,14,23H,12-13,15H2,(H,22,26)(H,24,25). The maximum Gasteiger partial charge on any atom is 0.244 e. The molecule has 0 radical (unpaired) electrons. The molecule has 0 fully saturated rings. The average Bonchev–Trinajstić information content (AvgIpc) is 3.09. The van der Waals surface area contributed by atoms with Gasteiger partial charge in [-0.1, -0.05) is 48.5 Å². The summed E-state index contributed by atoms with van der Waals surface area (Å²) in [5, 5.41) is 6.57. The molecule has 0 aliphatic heterocycles.